The maximum Gasteiger partial charge on any atom is 0.319 e. The maximum absolute atomic E-state index is 12.3. The molecular weight excluding hydrogens is 240 g/mol. The molecule has 2 heterocycles. The average Bonchev–Trinajstić information content (AvgIpc) is 2.74. The zero-order valence-corrected chi connectivity index (χ0v) is 12.2. The minimum Gasteiger partial charge on any atom is -0.326 e. The van der Waals surface area contributed by atoms with Crippen molar-refractivity contribution in [2.45, 2.75) is 25.7 Å². The van der Waals surface area contributed by atoms with E-state index in [0.717, 1.165) is 65.2 Å². The van der Waals surface area contributed by atoms with Crippen molar-refractivity contribution in [1.82, 2.24) is 20.0 Å². The number of piperazine rings is 1. The van der Waals surface area contributed by atoms with Crippen LogP contribution in [0, 0.1) is 0 Å². The van der Waals surface area contributed by atoms with E-state index >= 15 is 0 Å². The van der Waals surface area contributed by atoms with E-state index in [0.29, 0.717) is 0 Å². The van der Waals surface area contributed by atoms with Gasteiger partial charge in [-0.1, -0.05) is 12.8 Å². The number of nitrogens with one attached hydrogen (secondary N) is 1. The van der Waals surface area contributed by atoms with E-state index < -0.39 is 0 Å². The van der Waals surface area contributed by atoms with Crippen LogP contribution in [0.5, 0.6) is 0 Å². The van der Waals surface area contributed by atoms with Gasteiger partial charge in [-0.3, -0.25) is 4.90 Å². The molecule has 0 bridgehead atoms. The molecule has 5 heteroatoms. The fourth-order valence-corrected chi connectivity index (χ4v) is 2.83. The number of likely N-dealkylation sites (tertiary alicyclic amines) is 1. The summed E-state index contributed by atoms with van der Waals surface area (Å²) in [5.74, 6) is 0. The lowest BCUT2D eigenvalue weighted by molar-refractivity contribution is 0.153. The predicted octanol–water partition coefficient (Wildman–Crippen LogP) is 0.819. The minimum absolute atomic E-state index is 0.219. The standard InChI is InChI=1S/C14H28N4O/c1-16(12-13-17-10-6-15-7-11-17)14(19)18-8-4-2-3-5-9-18/h15H,2-13H2,1H3. The van der Waals surface area contributed by atoms with Crippen LogP contribution < -0.4 is 5.32 Å². The predicted molar refractivity (Wildman–Crippen MR) is 77.4 cm³/mol. The van der Waals surface area contributed by atoms with Crippen molar-refractivity contribution < 1.29 is 4.79 Å². The second kappa shape index (κ2) is 7.70. The molecule has 2 amide bonds. The topological polar surface area (TPSA) is 38.8 Å². The number of carbonyl (C=O) groups is 1. The Morgan fingerprint density at radius 2 is 1.68 bits per heavy atom. The van der Waals surface area contributed by atoms with E-state index in [2.05, 4.69) is 10.2 Å². The number of hydrogen-bond acceptors (Lipinski definition) is 3. The molecule has 0 aromatic heterocycles. The Kier molecular flexibility index (Phi) is 5.92. The number of rotatable bonds is 3. The van der Waals surface area contributed by atoms with Gasteiger partial charge in [0.05, 0.1) is 0 Å². The number of urea groups is 1. The van der Waals surface area contributed by atoms with Crippen LogP contribution in [0.4, 0.5) is 4.79 Å². The van der Waals surface area contributed by atoms with Crippen molar-refractivity contribution in [3.63, 3.8) is 0 Å². The first-order chi connectivity index (χ1) is 9.27. The maximum atomic E-state index is 12.3. The Hall–Kier alpha value is -0.810. The molecule has 0 aromatic carbocycles. The van der Waals surface area contributed by atoms with Crippen molar-refractivity contribution in [3.05, 3.63) is 0 Å². The molecule has 0 spiro atoms. The first-order valence-corrected chi connectivity index (χ1v) is 7.70. The van der Waals surface area contributed by atoms with Crippen LogP contribution in [-0.2, 0) is 0 Å². The Morgan fingerprint density at radius 1 is 1.05 bits per heavy atom. The number of carbonyl (C=O) groups excluding carboxylic acids is 1. The lowest BCUT2D eigenvalue weighted by atomic mass is 10.2. The summed E-state index contributed by atoms with van der Waals surface area (Å²) in [5.41, 5.74) is 0. The Balaban J connectivity index is 1.71. The number of hydrogen-bond donors (Lipinski definition) is 1. The quantitative estimate of drug-likeness (QED) is 0.823. The molecule has 2 aliphatic rings. The summed E-state index contributed by atoms with van der Waals surface area (Å²) in [4.78, 5) is 18.7. The van der Waals surface area contributed by atoms with Gasteiger partial charge in [0.25, 0.3) is 0 Å². The Bertz CT molecular complexity index is 271. The first kappa shape index (κ1) is 14.6. The van der Waals surface area contributed by atoms with E-state index in [9.17, 15) is 4.79 Å². The van der Waals surface area contributed by atoms with E-state index in [1.54, 1.807) is 0 Å². The third-order valence-corrected chi connectivity index (χ3v) is 4.16. The lowest BCUT2D eigenvalue weighted by Crippen LogP contribution is -2.48. The summed E-state index contributed by atoms with van der Waals surface area (Å²) >= 11 is 0. The number of likely N-dealkylation sites (N-methyl/N-ethyl adjacent to an activating group) is 1. The van der Waals surface area contributed by atoms with E-state index in [-0.39, 0.29) is 6.03 Å². The highest BCUT2D eigenvalue weighted by molar-refractivity contribution is 5.74. The summed E-state index contributed by atoms with van der Waals surface area (Å²) in [6.45, 7) is 8.08. The number of nitrogens with zero attached hydrogens (tertiary/aromatic N) is 3. The van der Waals surface area contributed by atoms with Crippen molar-refractivity contribution in [2.24, 2.45) is 0 Å². The van der Waals surface area contributed by atoms with Gasteiger partial charge >= 0.3 is 6.03 Å². The molecule has 2 fully saturated rings. The monoisotopic (exact) mass is 268 g/mol. The van der Waals surface area contributed by atoms with Gasteiger partial charge in [-0.2, -0.15) is 0 Å². The molecule has 0 saturated carbocycles. The van der Waals surface area contributed by atoms with Crippen LogP contribution in [-0.4, -0.2) is 80.1 Å². The van der Waals surface area contributed by atoms with Crippen molar-refractivity contribution in [3.8, 4) is 0 Å². The largest absolute Gasteiger partial charge is 0.326 e. The summed E-state index contributed by atoms with van der Waals surface area (Å²) in [6.07, 6.45) is 4.87. The van der Waals surface area contributed by atoms with Gasteiger partial charge in [0, 0.05) is 59.4 Å². The Morgan fingerprint density at radius 3 is 2.32 bits per heavy atom. The molecule has 2 rings (SSSR count). The molecular formula is C14H28N4O. The average molecular weight is 268 g/mol. The van der Waals surface area contributed by atoms with E-state index in [4.69, 9.17) is 0 Å². The summed E-state index contributed by atoms with van der Waals surface area (Å²) in [6, 6.07) is 0.219. The van der Waals surface area contributed by atoms with Gasteiger partial charge in [0.1, 0.15) is 0 Å². The van der Waals surface area contributed by atoms with Crippen LogP contribution in [0.1, 0.15) is 25.7 Å². The van der Waals surface area contributed by atoms with Crippen LogP contribution in [0.3, 0.4) is 0 Å². The zero-order chi connectivity index (χ0) is 13.5. The fourth-order valence-electron chi connectivity index (χ4n) is 2.83. The number of amides is 2. The second-order valence-electron chi connectivity index (χ2n) is 5.70. The normalized spacial score (nSPS) is 22.1. The second-order valence-corrected chi connectivity index (χ2v) is 5.70. The van der Waals surface area contributed by atoms with Gasteiger partial charge in [-0.25, -0.2) is 4.79 Å². The van der Waals surface area contributed by atoms with Crippen LogP contribution in [0.15, 0.2) is 0 Å². The van der Waals surface area contributed by atoms with Crippen molar-refractivity contribution >= 4 is 6.03 Å². The van der Waals surface area contributed by atoms with Crippen LogP contribution in [0.25, 0.3) is 0 Å². The molecule has 0 aromatic rings. The van der Waals surface area contributed by atoms with Gasteiger partial charge in [0.15, 0.2) is 0 Å². The zero-order valence-electron chi connectivity index (χ0n) is 12.2. The van der Waals surface area contributed by atoms with Gasteiger partial charge in [-0.15, -0.1) is 0 Å². The van der Waals surface area contributed by atoms with Gasteiger partial charge in [0.2, 0.25) is 0 Å². The molecule has 1 N–H and O–H groups in total. The lowest BCUT2D eigenvalue weighted by Gasteiger charge is -2.31. The third-order valence-electron chi connectivity index (χ3n) is 4.16. The first-order valence-electron chi connectivity index (χ1n) is 7.70. The van der Waals surface area contributed by atoms with E-state index in [1.807, 2.05) is 16.8 Å². The van der Waals surface area contributed by atoms with Gasteiger partial charge in [-0.05, 0) is 12.8 Å². The van der Waals surface area contributed by atoms with Gasteiger partial charge < -0.3 is 15.1 Å². The van der Waals surface area contributed by atoms with Crippen LogP contribution >= 0.6 is 0 Å². The highest BCUT2D eigenvalue weighted by atomic mass is 16.2. The molecule has 5 nitrogen and oxygen atoms in total. The summed E-state index contributed by atoms with van der Waals surface area (Å²) in [7, 11) is 1.94. The smallest absolute Gasteiger partial charge is 0.319 e. The summed E-state index contributed by atoms with van der Waals surface area (Å²) in [5, 5.41) is 3.35. The van der Waals surface area contributed by atoms with E-state index in [1.165, 1.54) is 12.8 Å². The molecule has 0 atom stereocenters. The highest BCUT2D eigenvalue weighted by Crippen LogP contribution is 2.11. The van der Waals surface area contributed by atoms with Crippen molar-refractivity contribution in [1.29, 1.82) is 0 Å². The van der Waals surface area contributed by atoms with Crippen LogP contribution in [0.2, 0.25) is 0 Å². The minimum atomic E-state index is 0.219. The molecule has 2 aliphatic heterocycles. The molecule has 0 aliphatic carbocycles. The molecule has 19 heavy (non-hydrogen) atoms. The highest BCUT2D eigenvalue weighted by Gasteiger charge is 2.19. The SMILES string of the molecule is CN(CCN1CCNCC1)C(=O)N1CCCCCC1. The molecule has 2 saturated heterocycles. The van der Waals surface area contributed by atoms with Crippen molar-refractivity contribution in [2.75, 3.05) is 59.4 Å². The molecule has 110 valence electrons. The molecule has 0 unspecified atom stereocenters. The third kappa shape index (κ3) is 4.66. The fraction of sp³-hybridized carbons (Fsp3) is 0.929. The Labute approximate surface area is 116 Å². The summed E-state index contributed by atoms with van der Waals surface area (Å²) < 4.78 is 0. The molecule has 0 radical (unpaired) electrons.